The number of phenolic OH excluding ortho intramolecular Hbond substituents is 1. The van der Waals surface area contributed by atoms with Gasteiger partial charge in [-0.3, -0.25) is 0 Å². The van der Waals surface area contributed by atoms with Gasteiger partial charge in [0, 0.05) is 54.1 Å². The molecule has 0 saturated carbocycles. The molecule has 38 heavy (non-hydrogen) atoms. The molecule has 0 saturated heterocycles. The fourth-order valence-electron chi connectivity index (χ4n) is 4.23. The molecule has 0 aliphatic rings. The predicted molar refractivity (Wildman–Crippen MR) is 154 cm³/mol. The maximum atomic E-state index is 10.2. The van der Waals surface area contributed by atoms with Crippen molar-refractivity contribution in [3.05, 3.63) is 71.9 Å². The van der Waals surface area contributed by atoms with E-state index in [1.165, 1.54) is 0 Å². The number of aromatic hydroxyl groups is 1. The van der Waals surface area contributed by atoms with E-state index in [2.05, 4.69) is 15.2 Å². The number of hydrogen-bond donors (Lipinski definition) is 3. The number of nitrogens with one attached hydrogen (secondary N) is 2. The van der Waals surface area contributed by atoms with Crippen molar-refractivity contribution in [1.82, 2.24) is 9.88 Å². The van der Waals surface area contributed by atoms with Gasteiger partial charge in [0.05, 0.1) is 27.9 Å². The normalized spacial score (nSPS) is 10.7. The Morgan fingerprint density at radius 1 is 0.947 bits per heavy atom. The van der Waals surface area contributed by atoms with Crippen molar-refractivity contribution in [2.45, 2.75) is 19.9 Å². The molecule has 1 heterocycles. The van der Waals surface area contributed by atoms with Crippen LogP contribution in [0.3, 0.4) is 0 Å². The lowest BCUT2D eigenvalue weighted by Gasteiger charge is -2.26. The quantitative estimate of drug-likeness (QED) is 0.210. The Morgan fingerprint density at radius 2 is 1.68 bits per heavy atom. The number of aromatic amines is 1. The first-order valence-electron chi connectivity index (χ1n) is 12.3. The molecule has 4 rings (SSSR count). The zero-order valence-corrected chi connectivity index (χ0v) is 22.9. The maximum Gasteiger partial charge on any atom is 0.173 e. The third-order valence-corrected chi connectivity index (χ3v) is 6.57. The lowest BCUT2D eigenvalue weighted by atomic mass is 10.1. The Bertz CT molecular complexity index is 1380. The summed E-state index contributed by atoms with van der Waals surface area (Å²) in [6.45, 7) is 3.50. The maximum absolute atomic E-state index is 10.2. The number of rotatable bonds is 11. The third kappa shape index (κ3) is 6.41. The molecular formula is C29H33N3O5S. The molecule has 3 aromatic carbocycles. The van der Waals surface area contributed by atoms with Gasteiger partial charge in [0.15, 0.2) is 16.6 Å². The minimum atomic E-state index is 0.110. The lowest BCUT2D eigenvalue weighted by molar-refractivity contribution is 0.317. The molecule has 0 unspecified atom stereocenters. The van der Waals surface area contributed by atoms with Crippen LogP contribution in [0.1, 0.15) is 18.1 Å². The van der Waals surface area contributed by atoms with Gasteiger partial charge in [0.1, 0.15) is 17.2 Å². The van der Waals surface area contributed by atoms with E-state index < -0.39 is 0 Å². The summed E-state index contributed by atoms with van der Waals surface area (Å²) in [5.41, 5.74) is 3.93. The first-order valence-corrected chi connectivity index (χ1v) is 12.7. The SMILES string of the molecule is CCOc1cc(CN(CCc2c[nH]c3ccc(OC)cc23)C(=S)Nc2cc(OC)cc(OC)c2)ccc1O. The standard InChI is InChI=1S/C29H33N3O5S/c1-5-37-28-12-19(6-9-27(28)33)18-32(29(38)31-21-13-23(35-3)15-24(14-21)36-4)11-10-20-17-30-26-8-7-22(34-2)16-25(20)26/h6-9,12-17,30,33H,5,10-11,18H2,1-4H3,(H,31,38). The van der Waals surface area contributed by atoms with Gasteiger partial charge in [-0.2, -0.15) is 0 Å². The Labute approximate surface area is 228 Å². The topological polar surface area (TPSA) is 88.2 Å². The van der Waals surface area contributed by atoms with Crippen molar-refractivity contribution in [3.8, 4) is 28.7 Å². The monoisotopic (exact) mass is 535 g/mol. The minimum absolute atomic E-state index is 0.110. The van der Waals surface area contributed by atoms with Crippen LogP contribution in [0.5, 0.6) is 28.7 Å². The number of methoxy groups -OCH3 is 3. The number of aromatic nitrogens is 1. The summed E-state index contributed by atoms with van der Waals surface area (Å²) in [5.74, 6) is 2.69. The first-order chi connectivity index (χ1) is 18.4. The number of ether oxygens (including phenoxy) is 4. The highest BCUT2D eigenvalue weighted by molar-refractivity contribution is 7.80. The summed E-state index contributed by atoms with van der Waals surface area (Å²) < 4.78 is 21.8. The molecule has 0 spiro atoms. The zero-order valence-electron chi connectivity index (χ0n) is 22.0. The molecule has 1 aromatic heterocycles. The molecular weight excluding hydrogens is 502 g/mol. The Morgan fingerprint density at radius 3 is 2.37 bits per heavy atom. The second kappa shape index (κ2) is 12.4. The van der Waals surface area contributed by atoms with Crippen molar-refractivity contribution in [2.24, 2.45) is 0 Å². The van der Waals surface area contributed by atoms with Gasteiger partial charge in [-0.25, -0.2) is 0 Å². The fourth-order valence-corrected chi connectivity index (χ4v) is 4.50. The van der Waals surface area contributed by atoms with Crippen molar-refractivity contribution in [3.63, 3.8) is 0 Å². The van der Waals surface area contributed by atoms with E-state index in [0.29, 0.717) is 42.1 Å². The average Bonchev–Trinajstić information content (AvgIpc) is 3.34. The number of H-pyrrole nitrogens is 1. The van der Waals surface area contributed by atoms with Gasteiger partial charge in [0.25, 0.3) is 0 Å². The average molecular weight is 536 g/mol. The van der Waals surface area contributed by atoms with Crippen molar-refractivity contribution in [1.29, 1.82) is 0 Å². The molecule has 9 heteroatoms. The highest BCUT2D eigenvalue weighted by Gasteiger charge is 2.15. The Balaban J connectivity index is 1.60. The summed E-state index contributed by atoms with van der Waals surface area (Å²) in [6.07, 6.45) is 2.77. The van der Waals surface area contributed by atoms with Gasteiger partial charge >= 0.3 is 0 Å². The van der Waals surface area contributed by atoms with E-state index in [4.69, 9.17) is 31.2 Å². The van der Waals surface area contributed by atoms with Crippen LogP contribution in [-0.4, -0.2) is 54.6 Å². The predicted octanol–water partition coefficient (Wildman–Crippen LogP) is 5.74. The van der Waals surface area contributed by atoms with E-state index in [1.54, 1.807) is 27.4 Å². The molecule has 4 aromatic rings. The van der Waals surface area contributed by atoms with Crippen molar-refractivity contribution < 1.29 is 24.1 Å². The van der Waals surface area contributed by atoms with E-state index in [9.17, 15) is 5.11 Å². The third-order valence-electron chi connectivity index (χ3n) is 6.21. The summed E-state index contributed by atoms with van der Waals surface area (Å²) in [4.78, 5) is 5.43. The van der Waals surface area contributed by atoms with E-state index in [0.717, 1.165) is 39.9 Å². The highest BCUT2D eigenvalue weighted by atomic mass is 32.1. The van der Waals surface area contributed by atoms with Crippen LogP contribution in [0.4, 0.5) is 5.69 Å². The molecule has 3 N–H and O–H groups in total. The Hall–Kier alpha value is -4.11. The van der Waals surface area contributed by atoms with Crippen LogP contribution in [0, 0.1) is 0 Å². The smallest absolute Gasteiger partial charge is 0.173 e. The molecule has 0 amide bonds. The van der Waals surface area contributed by atoms with Crippen LogP contribution in [0.25, 0.3) is 10.9 Å². The summed E-state index contributed by atoms with van der Waals surface area (Å²) in [7, 11) is 4.89. The minimum Gasteiger partial charge on any atom is -0.504 e. The molecule has 0 fully saturated rings. The lowest BCUT2D eigenvalue weighted by Crippen LogP contribution is -2.35. The van der Waals surface area contributed by atoms with Gasteiger partial charge < -0.3 is 39.3 Å². The molecule has 0 radical (unpaired) electrons. The number of fused-ring (bicyclic) bond motifs is 1. The van der Waals surface area contributed by atoms with Crippen molar-refractivity contribution >= 4 is 33.9 Å². The number of thiocarbonyl (C=S) groups is 1. The molecule has 0 aliphatic heterocycles. The van der Waals surface area contributed by atoms with Gasteiger partial charge in [-0.15, -0.1) is 0 Å². The van der Waals surface area contributed by atoms with Crippen molar-refractivity contribution in [2.75, 3.05) is 39.8 Å². The molecule has 0 atom stereocenters. The number of nitrogens with zero attached hydrogens (tertiary/aromatic N) is 1. The van der Waals surface area contributed by atoms with Gasteiger partial charge in [0.2, 0.25) is 0 Å². The zero-order chi connectivity index (χ0) is 27.1. The van der Waals surface area contributed by atoms with Crippen LogP contribution >= 0.6 is 12.2 Å². The van der Waals surface area contributed by atoms with E-state index >= 15 is 0 Å². The molecule has 8 nitrogen and oxygen atoms in total. The number of benzene rings is 3. The molecule has 0 bridgehead atoms. The number of phenols is 1. The van der Waals surface area contributed by atoms with E-state index in [-0.39, 0.29) is 5.75 Å². The summed E-state index contributed by atoms with van der Waals surface area (Å²) in [6, 6.07) is 16.9. The molecule has 0 aliphatic carbocycles. The molecule has 200 valence electrons. The summed E-state index contributed by atoms with van der Waals surface area (Å²) in [5, 5.41) is 15.2. The Kier molecular flexibility index (Phi) is 8.81. The fraction of sp³-hybridized carbons (Fsp3) is 0.276. The van der Waals surface area contributed by atoms with Crippen LogP contribution in [0.15, 0.2) is 60.8 Å². The van der Waals surface area contributed by atoms with Gasteiger partial charge in [-0.1, -0.05) is 6.07 Å². The van der Waals surface area contributed by atoms with Crippen LogP contribution in [0.2, 0.25) is 0 Å². The van der Waals surface area contributed by atoms with Crippen LogP contribution in [-0.2, 0) is 13.0 Å². The largest absolute Gasteiger partial charge is 0.504 e. The highest BCUT2D eigenvalue weighted by Crippen LogP contribution is 2.29. The second-order valence-corrected chi connectivity index (χ2v) is 9.05. The van der Waals surface area contributed by atoms with E-state index in [1.807, 2.05) is 61.7 Å². The second-order valence-electron chi connectivity index (χ2n) is 8.66. The van der Waals surface area contributed by atoms with Gasteiger partial charge in [-0.05, 0) is 67.0 Å². The summed E-state index contributed by atoms with van der Waals surface area (Å²) >= 11 is 5.88. The van der Waals surface area contributed by atoms with Crippen LogP contribution < -0.4 is 24.3 Å². The number of anilines is 1. The number of hydrogen-bond acceptors (Lipinski definition) is 6. The first kappa shape index (κ1) is 26.9.